The summed E-state index contributed by atoms with van der Waals surface area (Å²) >= 11 is 0. The fraction of sp³-hybridized carbons (Fsp3) is 0.438. The van der Waals surface area contributed by atoms with Gasteiger partial charge in [-0.05, 0) is 66.3 Å². The highest BCUT2D eigenvalue weighted by Crippen LogP contribution is 2.26. The van der Waals surface area contributed by atoms with Crippen LogP contribution < -0.4 is 21.8 Å². The normalized spacial score (nSPS) is 16.7. The fourth-order valence-corrected chi connectivity index (χ4v) is 4.95. The standard InChI is InChI=1S/C32H44N6O6/c1-3-28(40)16-29(44-32(43-2)30(41)21-39)20-38(35)19-26(34)18-36-31(42)25(17-33)14-22-7-8-24-15-27(10-9-23(24)13-22)37-11-5-4-6-12-37/h7-10,13-15,19,21,28-29,32,39-41H,3-6,11-12,16,18,20,34-35H2,1-2H3,(H,36,42)/b25-14+,26-19-,30-21-/t28-,29?,32-/m0/s1. The van der Waals surface area contributed by atoms with Crippen molar-refractivity contribution in [1.82, 2.24) is 10.3 Å². The van der Waals surface area contributed by atoms with E-state index in [0.717, 1.165) is 29.4 Å². The van der Waals surface area contributed by atoms with Crippen molar-refractivity contribution in [3.8, 4) is 6.07 Å². The van der Waals surface area contributed by atoms with E-state index < -0.39 is 30.2 Å². The van der Waals surface area contributed by atoms with E-state index in [0.29, 0.717) is 12.7 Å². The number of amides is 1. The third kappa shape index (κ3) is 10.2. The first kappa shape index (κ1) is 34.2. The van der Waals surface area contributed by atoms with Gasteiger partial charge in [0.25, 0.3) is 5.91 Å². The molecule has 2 aromatic carbocycles. The van der Waals surface area contributed by atoms with Crippen LogP contribution in [0.4, 0.5) is 5.69 Å². The number of hydrogen-bond acceptors (Lipinski definition) is 11. The van der Waals surface area contributed by atoms with Crippen LogP contribution in [0.2, 0.25) is 0 Å². The zero-order chi connectivity index (χ0) is 32.1. The summed E-state index contributed by atoms with van der Waals surface area (Å²) in [5.74, 6) is 4.95. The number of nitrogens with two attached hydrogens (primary N) is 2. The molecule has 3 rings (SSSR count). The van der Waals surface area contributed by atoms with Gasteiger partial charge in [0.05, 0.1) is 25.3 Å². The topological polar surface area (TPSA) is 191 Å². The molecule has 0 aliphatic carbocycles. The fourth-order valence-electron chi connectivity index (χ4n) is 4.95. The monoisotopic (exact) mass is 608 g/mol. The van der Waals surface area contributed by atoms with Crippen LogP contribution in [-0.2, 0) is 14.3 Å². The molecule has 12 nitrogen and oxygen atoms in total. The second-order valence-corrected chi connectivity index (χ2v) is 10.8. The van der Waals surface area contributed by atoms with Gasteiger partial charge in [-0.3, -0.25) is 4.79 Å². The van der Waals surface area contributed by atoms with Crippen LogP contribution in [0.15, 0.2) is 65.9 Å². The Hall–Kier alpha value is -4.28. The summed E-state index contributed by atoms with van der Waals surface area (Å²) < 4.78 is 10.7. The lowest BCUT2D eigenvalue weighted by Crippen LogP contribution is -2.40. The average Bonchev–Trinajstić information content (AvgIpc) is 3.04. The quantitative estimate of drug-likeness (QED) is 0.0434. The number of hydrogen-bond donors (Lipinski definition) is 6. The second kappa shape index (κ2) is 17.1. The Bertz CT molecular complexity index is 1380. The number of nitrogens with zero attached hydrogens (tertiary/aromatic N) is 3. The zero-order valence-corrected chi connectivity index (χ0v) is 25.4. The third-order valence-corrected chi connectivity index (χ3v) is 7.35. The molecule has 3 atom stereocenters. The summed E-state index contributed by atoms with van der Waals surface area (Å²) in [6.07, 6.45) is 5.00. The van der Waals surface area contributed by atoms with Gasteiger partial charge < -0.3 is 45.8 Å². The Morgan fingerprint density at radius 2 is 1.91 bits per heavy atom. The van der Waals surface area contributed by atoms with Gasteiger partial charge in [0.1, 0.15) is 17.9 Å². The predicted molar refractivity (Wildman–Crippen MR) is 170 cm³/mol. The second-order valence-electron chi connectivity index (χ2n) is 10.8. The van der Waals surface area contributed by atoms with E-state index in [1.165, 1.54) is 49.3 Å². The van der Waals surface area contributed by atoms with Crippen LogP contribution >= 0.6 is 0 Å². The van der Waals surface area contributed by atoms with Crippen molar-refractivity contribution in [2.24, 2.45) is 11.6 Å². The Morgan fingerprint density at radius 3 is 2.57 bits per heavy atom. The van der Waals surface area contributed by atoms with Crippen molar-refractivity contribution >= 4 is 28.4 Å². The first-order valence-electron chi connectivity index (χ1n) is 14.7. The molecule has 8 N–H and O–H groups in total. The zero-order valence-electron chi connectivity index (χ0n) is 25.4. The first-order chi connectivity index (χ1) is 21.2. The molecule has 0 radical (unpaired) electrons. The number of anilines is 1. The molecule has 1 saturated heterocycles. The molecule has 2 aromatic rings. The highest BCUT2D eigenvalue weighted by atomic mass is 16.7. The highest BCUT2D eigenvalue weighted by molar-refractivity contribution is 6.02. The number of carbonyl (C=O) groups excluding carboxylic acids is 1. The minimum Gasteiger partial charge on any atom is -0.512 e. The number of nitrogens with one attached hydrogen (secondary N) is 1. The largest absolute Gasteiger partial charge is 0.512 e. The number of nitriles is 1. The van der Waals surface area contributed by atoms with Crippen molar-refractivity contribution in [2.75, 3.05) is 38.2 Å². The molecule has 1 fully saturated rings. The van der Waals surface area contributed by atoms with E-state index in [4.69, 9.17) is 26.2 Å². The van der Waals surface area contributed by atoms with Crippen molar-refractivity contribution in [1.29, 1.82) is 5.26 Å². The Balaban J connectivity index is 1.61. The molecule has 1 aliphatic rings. The molecular weight excluding hydrogens is 564 g/mol. The SMILES string of the molecule is CC[C@H](O)CC(CN(N)/C=C(\N)CNC(=O)/C(C#N)=C/c1ccc2cc(N3CCCCC3)ccc2c1)O[C@H](OC)/C(O)=C/O. The number of ether oxygens (including phenoxy) is 2. The van der Waals surface area contributed by atoms with E-state index in [-0.39, 0.29) is 30.8 Å². The van der Waals surface area contributed by atoms with Crippen LogP contribution in [0.5, 0.6) is 0 Å². The number of aliphatic hydroxyl groups excluding tert-OH is 3. The van der Waals surface area contributed by atoms with E-state index in [9.17, 15) is 20.3 Å². The molecule has 1 amide bonds. The molecule has 12 heteroatoms. The molecule has 0 aromatic heterocycles. The summed E-state index contributed by atoms with van der Waals surface area (Å²) in [5.41, 5.74) is 8.13. The molecule has 1 unspecified atom stereocenters. The number of piperidine rings is 1. The van der Waals surface area contributed by atoms with Crippen LogP contribution in [0.1, 0.15) is 44.6 Å². The van der Waals surface area contributed by atoms with E-state index in [1.54, 1.807) is 6.92 Å². The van der Waals surface area contributed by atoms with Gasteiger partial charge in [0.2, 0.25) is 6.29 Å². The summed E-state index contributed by atoms with van der Waals surface area (Å²) in [4.78, 5) is 15.2. The first-order valence-corrected chi connectivity index (χ1v) is 14.7. The van der Waals surface area contributed by atoms with Crippen molar-refractivity contribution in [2.45, 2.75) is 57.5 Å². The summed E-state index contributed by atoms with van der Waals surface area (Å²) in [7, 11) is 1.29. The number of benzene rings is 2. The van der Waals surface area contributed by atoms with Gasteiger partial charge in [-0.1, -0.05) is 25.1 Å². The lowest BCUT2D eigenvalue weighted by atomic mass is 10.0. The smallest absolute Gasteiger partial charge is 0.262 e. The summed E-state index contributed by atoms with van der Waals surface area (Å²) in [6.45, 7) is 3.89. The van der Waals surface area contributed by atoms with Crippen LogP contribution in [-0.4, -0.2) is 78.0 Å². The number of rotatable bonds is 15. The minimum absolute atomic E-state index is 0.0368. The van der Waals surface area contributed by atoms with E-state index in [2.05, 4.69) is 28.4 Å². The Kier molecular flexibility index (Phi) is 13.3. The van der Waals surface area contributed by atoms with Crippen LogP contribution in [0.3, 0.4) is 0 Å². The summed E-state index contributed by atoms with van der Waals surface area (Å²) in [5, 5.41) is 44.6. The van der Waals surface area contributed by atoms with Crippen molar-refractivity contribution in [3.05, 3.63) is 71.5 Å². The molecule has 0 bridgehead atoms. The molecule has 1 aliphatic heterocycles. The van der Waals surface area contributed by atoms with Gasteiger partial charge in [-0.2, -0.15) is 5.26 Å². The van der Waals surface area contributed by atoms with Gasteiger partial charge in [-0.25, -0.2) is 5.84 Å². The average molecular weight is 609 g/mol. The number of hydrazine groups is 1. The maximum Gasteiger partial charge on any atom is 0.262 e. The lowest BCUT2D eigenvalue weighted by Gasteiger charge is -2.29. The number of carbonyl (C=O) groups is 1. The lowest BCUT2D eigenvalue weighted by molar-refractivity contribution is -0.160. The number of methoxy groups -OCH3 is 1. The predicted octanol–water partition coefficient (Wildman–Crippen LogP) is 3.31. The van der Waals surface area contributed by atoms with Crippen molar-refractivity contribution in [3.63, 3.8) is 0 Å². The Labute approximate surface area is 258 Å². The number of aliphatic hydroxyl groups is 3. The van der Waals surface area contributed by atoms with Gasteiger partial charge >= 0.3 is 0 Å². The summed E-state index contributed by atoms with van der Waals surface area (Å²) in [6, 6.07) is 14.1. The van der Waals surface area contributed by atoms with Crippen molar-refractivity contribution < 1.29 is 29.6 Å². The van der Waals surface area contributed by atoms with Gasteiger partial charge in [0.15, 0.2) is 5.76 Å². The molecule has 0 spiro atoms. The highest BCUT2D eigenvalue weighted by Gasteiger charge is 2.23. The van der Waals surface area contributed by atoms with Crippen LogP contribution in [0, 0.1) is 11.3 Å². The number of fused-ring (bicyclic) bond motifs is 1. The van der Waals surface area contributed by atoms with Crippen LogP contribution in [0.25, 0.3) is 16.8 Å². The molecule has 238 valence electrons. The Morgan fingerprint density at radius 1 is 1.20 bits per heavy atom. The molecule has 1 heterocycles. The molecular formula is C32H44N6O6. The van der Waals surface area contributed by atoms with E-state index >= 15 is 0 Å². The van der Waals surface area contributed by atoms with E-state index in [1.807, 2.05) is 24.3 Å². The third-order valence-electron chi connectivity index (χ3n) is 7.35. The molecule has 0 saturated carbocycles. The molecule has 44 heavy (non-hydrogen) atoms. The maximum absolute atomic E-state index is 12.8. The maximum atomic E-state index is 12.8. The van der Waals surface area contributed by atoms with Gasteiger partial charge in [0, 0.05) is 44.2 Å². The minimum atomic E-state index is -1.26. The van der Waals surface area contributed by atoms with Gasteiger partial charge in [-0.15, -0.1) is 0 Å².